The lowest BCUT2D eigenvalue weighted by molar-refractivity contribution is -0.113. The predicted molar refractivity (Wildman–Crippen MR) is 92.7 cm³/mol. The summed E-state index contributed by atoms with van der Waals surface area (Å²) in [6, 6.07) is 11.9. The summed E-state index contributed by atoms with van der Waals surface area (Å²) in [7, 11) is 0. The Bertz CT molecular complexity index is 693. The van der Waals surface area contributed by atoms with Crippen molar-refractivity contribution in [2.24, 2.45) is 0 Å². The van der Waals surface area contributed by atoms with Crippen LogP contribution < -0.4 is 10.6 Å². The highest BCUT2D eigenvalue weighted by molar-refractivity contribution is 7.81. The molecule has 0 bridgehead atoms. The van der Waals surface area contributed by atoms with Crippen LogP contribution in [-0.4, -0.2) is 23.6 Å². The zero-order valence-electron chi connectivity index (χ0n) is 11.8. The van der Waals surface area contributed by atoms with Crippen LogP contribution in [0.1, 0.15) is 23.2 Å². The van der Waals surface area contributed by atoms with Crippen molar-refractivity contribution in [3.63, 3.8) is 0 Å². The summed E-state index contributed by atoms with van der Waals surface area (Å²) in [5.41, 5.74) is 1.55. The van der Waals surface area contributed by atoms with Crippen molar-refractivity contribution < 1.29 is 9.59 Å². The number of hydrogen-bond donors (Lipinski definition) is 3. The fraction of sp³-hybridized carbons (Fsp3) is 0.250. The normalized spacial score (nSPS) is 13.7. The van der Waals surface area contributed by atoms with Crippen molar-refractivity contribution in [3.8, 4) is 10.4 Å². The second-order valence-corrected chi connectivity index (χ2v) is 6.54. The third-order valence-electron chi connectivity index (χ3n) is 3.34. The van der Waals surface area contributed by atoms with E-state index in [2.05, 4.69) is 23.3 Å². The number of carbonyl (C=O) groups excluding carboxylic acids is 2. The molecule has 0 unspecified atom stereocenters. The molecule has 3 rings (SSSR count). The Hall–Kier alpha value is -1.79. The van der Waals surface area contributed by atoms with E-state index >= 15 is 0 Å². The zero-order valence-corrected chi connectivity index (χ0v) is 13.5. The molecule has 0 aliphatic heterocycles. The molecule has 2 N–H and O–H groups in total. The van der Waals surface area contributed by atoms with Gasteiger partial charge in [-0.05, 0) is 24.5 Å². The summed E-state index contributed by atoms with van der Waals surface area (Å²) in [4.78, 5) is 24.9. The van der Waals surface area contributed by atoms with Crippen LogP contribution >= 0.6 is 24.0 Å². The maximum Gasteiger partial charge on any atom is 0.254 e. The number of benzene rings is 1. The van der Waals surface area contributed by atoms with E-state index < -0.39 is 0 Å². The van der Waals surface area contributed by atoms with Gasteiger partial charge in [0.2, 0.25) is 5.91 Å². The predicted octanol–water partition coefficient (Wildman–Crippen LogP) is 3.18. The molecule has 1 fully saturated rings. The Morgan fingerprint density at radius 2 is 1.95 bits per heavy atom. The number of rotatable bonds is 5. The molecule has 114 valence electrons. The van der Waals surface area contributed by atoms with Gasteiger partial charge in [0, 0.05) is 10.9 Å². The third kappa shape index (κ3) is 3.51. The largest absolute Gasteiger partial charge is 0.349 e. The van der Waals surface area contributed by atoms with Crippen molar-refractivity contribution in [2.75, 3.05) is 11.1 Å². The summed E-state index contributed by atoms with van der Waals surface area (Å²) in [6.07, 6.45) is 2.06. The number of nitrogens with one attached hydrogen (secondary N) is 2. The van der Waals surface area contributed by atoms with Crippen LogP contribution in [0.4, 0.5) is 5.00 Å². The van der Waals surface area contributed by atoms with Crippen molar-refractivity contribution in [3.05, 3.63) is 42.0 Å². The molecular formula is C16H16N2O2S2. The molecule has 0 spiro atoms. The maximum absolute atomic E-state index is 12.4. The lowest BCUT2D eigenvalue weighted by Crippen LogP contribution is -2.26. The fourth-order valence-corrected chi connectivity index (χ4v) is 3.21. The van der Waals surface area contributed by atoms with E-state index in [9.17, 15) is 9.59 Å². The van der Waals surface area contributed by atoms with Gasteiger partial charge >= 0.3 is 0 Å². The molecule has 0 atom stereocenters. The Morgan fingerprint density at radius 1 is 1.23 bits per heavy atom. The maximum atomic E-state index is 12.4. The van der Waals surface area contributed by atoms with Gasteiger partial charge in [-0.15, -0.1) is 11.3 Å². The zero-order chi connectivity index (χ0) is 15.5. The van der Waals surface area contributed by atoms with Crippen LogP contribution in [-0.2, 0) is 4.79 Å². The Labute approximate surface area is 138 Å². The first-order valence-electron chi connectivity index (χ1n) is 7.08. The molecule has 1 aliphatic rings. The quantitative estimate of drug-likeness (QED) is 0.737. The average molecular weight is 332 g/mol. The van der Waals surface area contributed by atoms with Gasteiger partial charge < -0.3 is 10.6 Å². The van der Waals surface area contributed by atoms with Crippen LogP contribution in [0.3, 0.4) is 0 Å². The summed E-state index contributed by atoms with van der Waals surface area (Å²) < 4.78 is 0. The van der Waals surface area contributed by atoms with Gasteiger partial charge in [-0.2, -0.15) is 12.6 Å². The highest BCUT2D eigenvalue weighted by atomic mass is 32.1. The van der Waals surface area contributed by atoms with Gasteiger partial charge in [0.25, 0.3) is 5.91 Å². The average Bonchev–Trinajstić information content (AvgIpc) is 3.25. The van der Waals surface area contributed by atoms with Gasteiger partial charge in [-0.1, -0.05) is 30.3 Å². The van der Waals surface area contributed by atoms with E-state index in [1.807, 2.05) is 36.4 Å². The minimum atomic E-state index is -0.217. The molecule has 4 nitrogen and oxygen atoms in total. The van der Waals surface area contributed by atoms with Crippen molar-refractivity contribution >= 4 is 40.8 Å². The molecular weight excluding hydrogens is 316 g/mol. The van der Waals surface area contributed by atoms with E-state index in [0.717, 1.165) is 23.3 Å². The third-order valence-corrected chi connectivity index (χ3v) is 4.73. The Kier molecular flexibility index (Phi) is 4.49. The first-order chi connectivity index (χ1) is 10.7. The second-order valence-electron chi connectivity index (χ2n) is 5.17. The van der Waals surface area contributed by atoms with Gasteiger partial charge in [-0.25, -0.2) is 0 Å². The lowest BCUT2D eigenvalue weighted by Gasteiger charge is -2.05. The van der Waals surface area contributed by atoms with Gasteiger partial charge in [-0.3, -0.25) is 9.59 Å². The Balaban J connectivity index is 1.92. The lowest BCUT2D eigenvalue weighted by atomic mass is 10.1. The molecule has 0 saturated heterocycles. The monoisotopic (exact) mass is 332 g/mol. The van der Waals surface area contributed by atoms with Crippen LogP contribution in [0.15, 0.2) is 36.4 Å². The molecule has 0 radical (unpaired) electrons. The SMILES string of the molecule is O=C(CS)Nc1sc(-c2ccccc2)cc1C(=O)NC1CC1. The number of anilines is 1. The van der Waals surface area contributed by atoms with Gasteiger partial charge in [0.1, 0.15) is 5.00 Å². The first-order valence-corrected chi connectivity index (χ1v) is 8.53. The van der Waals surface area contributed by atoms with E-state index in [-0.39, 0.29) is 23.6 Å². The van der Waals surface area contributed by atoms with E-state index in [1.165, 1.54) is 11.3 Å². The minimum Gasteiger partial charge on any atom is -0.349 e. The summed E-state index contributed by atoms with van der Waals surface area (Å²) >= 11 is 5.37. The van der Waals surface area contributed by atoms with Crippen molar-refractivity contribution in [2.45, 2.75) is 18.9 Å². The smallest absolute Gasteiger partial charge is 0.254 e. The van der Waals surface area contributed by atoms with E-state index in [1.54, 1.807) is 0 Å². The molecule has 1 aromatic carbocycles. The van der Waals surface area contributed by atoms with Gasteiger partial charge in [0.15, 0.2) is 0 Å². The molecule has 6 heteroatoms. The fourth-order valence-electron chi connectivity index (χ4n) is 2.05. The number of thiol groups is 1. The van der Waals surface area contributed by atoms with Crippen molar-refractivity contribution in [1.29, 1.82) is 0 Å². The van der Waals surface area contributed by atoms with Crippen LogP contribution in [0.5, 0.6) is 0 Å². The molecule has 22 heavy (non-hydrogen) atoms. The van der Waals surface area contributed by atoms with Gasteiger partial charge in [0.05, 0.1) is 11.3 Å². The highest BCUT2D eigenvalue weighted by Crippen LogP contribution is 2.36. The highest BCUT2D eigenvalue weighted by Gasteiger charge is 2.26. The topological polar surface area (TPSA) is 58.2 Å². The van der Waals surface area contributed by atoms with E-state index in [4.69, 9.17) is 0 Å². The van der Waals surface area contributed by atoms with Crippen molar-refractivity contribution in [1.82, 2.24) is 5.32 Å². The molecule has 1 heterocycles. The summed E-state index contributed by atoms with van der Waals surface area (Å²) in [5.74, 6) is -0.261. The minimum absolute atomic E-state index is 0.0856. The number of amides is 2. The van der Waals surface area contributed by atoms with Crippen LogP contribution in [0.2, 0.25) is 0 Å². The number of hydrogen-bond acceptors (Lipinski definition) is 4. The molecule has 1 saturated carbocycles. The van der Waals surface area contributed by atoms with Crippen LogP contribution in [0, 0.1) is 0 Å². The Morgan fingerprint density at radius 3 is 2.59 bits per heavy atom. The molecule has 1 aromatic heterocycles. The molecule has 2 aromatic rings. The number of carbonyl (C=O) groups is 2. The summed E-state index contributed by atoms with van der Waals surface area (Å²) in [6.45, 7) is 0. The second kappa shape index (κ2) is 6.54. The van der Waals surface area contributed by atoms with Crippen LogP contribution in [0.25, 0.3) is 10.4 Å². The standard InChI is InChI=1S/C16H16N2O2S2/c19-14(9-21)18-16-12(15(20)17-11-6-7-11)8-13(22-16)10-4-2-1-3-5-10/h1-5,8,11,21H,6-7,9H2,(H,17,20)(H,18,19). The molecule has 2 amide bonds. The number of thiophene rings is 1. The first kappa shape index (κ1) is 15.1. The molecule has 1 aliphatic carbocycles. The summed E-state index contributed by atoms with van der Waals surface area (Å²) in [5, 5.41) is 6.31. The van der Waals surface area contributed by atoms with E-state index in [0.29, 0.717) is 10.6 Å².